The van der Waals surface area contributed by atoms with E-state index in [1.807, 2.05) is 21.1 Å². The highest BCUT2D eigenvalue weighted by Gasteiger charge is 2.25. The molecule has 0 rings (SSSR count). The zero-order valence-corrected chi connectivity index (χ0v) is 46.9. The van der Waals surface area contributed by atoms with Crippen LogP contribution in [0.1, 0.15) is 258 Å². The van der Waals surface area contributed by atoms with Crippen LogP contribution in [0.25, 0.3) is 0 Å². The number of carboxylic acids is 1. The van der Waals surface area contributed by atoms with E-state index in [4.69, 9.17) is 18.9 Å². The second-order valence-electron chi connectivity index (χ2n) is 20.9. The number of allylic oxidation sites excluding steroid dienone is 10. The van der Waals surface area contributed by atoms with E-state index in [0.717, 1.165) is 83.5 Å². The lowest BCUT2D eigenvalue weighted by Gasteiger charge is -2.25. The number of carbonyl (C=O) groups excluding carboxylic acids is 2. The summed E-state index contributed by atoms with van der Waals surface area (Å²) in [6.45, 7) is 4.77. The molecule has 0 aromatic heterocycles. The molecule has 9 heteroatoms. The second kappa shape index (κ2) is 53.3. The summed E-state index contributed by atoms with van der Waals surface area (Å²) in [5.41, 5.74) is 0. The summed E-state index contributed by atoms with van der Waals surface area (Å²) in [5.74, 6) is -2.02. The molecule has 0 radical (unpaired) electrons. The van der Waals surface area contributed by atoms with E-state index >= 15 is 0 Å². The van der Waals surface area contributed by atoms with Crippen molar-refractivity contribution in [2.24, 2.45) is 0 Å². The van der Waals surface area contributed by atoms with Gasteiger partial charge in [-0.2, -0.15) is 0 Å². The van der Waals surface area contributed by atoms with Crippen LogP contribution in [0, 0.1) is 0 Å². The number of unbranched alkanes of at least 4 members (excludes halogenated alkanes) is 29. The smallest absolute Gasteiger partial charge is 0.361 e. The lowest BCUT2D eigenvalue weighted by atomic mass is 10.0. The largest absolute Gasteiger partial charge is 0.477 e. The normalized spacial score (nSPS) is 13.2. The van der Waals surface area contributed by atoms with Crippen LogP contribution >= 0.6 is 0 Å². The molecule has 2 atom stereocenters. The molecule has 0 bridgehead atoms. The van der Waals surface area contributed by atoms with Crippen LogP contribution in [-0.4, -0.2) is 87.4 Å². The van der Waals surface area contributed by atoms with Crippen LogP contribution in [0.4, 0.5) is 0 Å². The van der Waals surface area contributed by atoms with Crippen molar-refractivity contribution in [2.45, 2.75) is 270 Å². The molecule has 9 nitrogen and oxygen atoms in total. The molecular formula is C62H112NO8+. The predicted molar refractivity (Wildman–Crippen MR) is 300 cm³/mol. The Morgan fingerprint density at radius 3 is 1.20 bits per heavy atom. The monoisotopic (exact) mass is 999 g/mol. The van der Waals surface area contributed by atoms with Gasteiger partial charge in [-0.3, -0.25) is 9.59 Å². The number of hydrogen-bond donors (Lipinski definition) is 1. The molecule has 0 spiro atoms. The van der Waals surface area contributed by atoms with Crippen molar-refractivity contribution in [3.63, 3.8) is 0 Å². The number of nitrogens with zero attached hydrogens (tertiary/aromatic N) is 1. The third kappa shape index (κ3) is 54.6. The Kier molecular flexibility index (Phi) is 51.0. The van der Waals surface area contributed by atoms with Crippen LogP contribution in [0.2, 0.25) is 0 Å². The number of rotatable bonds is 54. The van der Waals surface area contributed by atoms with Gasteiger partial charge >= 0.3 is 17.9 Å². The molecule has 0 saturated heterocycles. The first kappa shape index (κ1) is 68.0. The summed E-state index contributed by atoms with van der Waals surface area (Å²) < 4.78 is 22.9. The van der Waals surface area contributed by atoms with Gasteiger partial charge in [0.15, 0.2) is 6.10 Å². The number of hydrogen-bond acceptors (Lipinski definition) is 7. The van der Waals surface area contributed by atoms with Crippen molar-refractivity contribution in [2.75, 3.05) is 47.5 Å². The maximum Gasteiger partial charge on any atom is 0.361 e. The molecule has 0 aromatic carbocycles. The highest BCUT2D eigenvalue weighted by molar-refractivity contribution is 5.71. The van der Waals surface area contributed by atoms with E-state index in [1.165, 1.54) is 141 Å². The molecule has 71 heavy (non-hydrogen) atoms. The SMILES string of the molecule is CC/C=C\C/C=C\C/C=C\C/C=C\C/C=C\CCCCCCCC(=O)OC(COC(=O)CCCCCCCCCCCCCCCCCCCCCCCCCCC)COC(OCC[N+](C)(C)C)C(=O)O. The molecule has 0 heterocycles. The highest BCUT2D eigenvalue weighted by atomic mass is 16.7. The average Bonchev–Trinajstić information content (AvgIpc) is 3.34. The van der Waals surface area contributed by atoms with Gasteiger partial charge in [-0.25, -0.2) is 4.79 Å². The molecule has 0 amide bonds. The quantitative estimate of drug-likeness (QED) is 0.0211. The first-order chi connectivity index (χ1) is 34.6. The summed E-state index contributed by atoms with van der Waals surface area (Å²) in [6, 6.07) is 0. The van der Waals surface area contributed by atoms with Gasteiger partial charge in [0.05, 0.1) is 34.4 Å². The Hall–Kier alpha value is -3.01. The zero-order valence-electron chi connectivity index (χ0n) is 46.9. The third-order valence-corrected chi connectivity index (χ3v) is 12.8. The molecule has 0 aliphatic heterocycles. The van der Waals surface area contributed by atoms with Crippen LogP contribution < -0.4 is 0 Å². The minimum Gasteiger partial charge on any atom is -0.477 e. The maximum atomic E-state index is 12.9. The number of ether oxygens (including phenoxy) is 4. The molecule has 0 saturated carbocycles. The van der Waals surface area contributed by atoms with Crippen molar-refractivity contribution in [1.82, 2.24) is 0 Å². The van der Waals surface area contributed by atoms with Gasteiger partial charge in [0.1, 0.15) is 13.2 Å². The van der Waals surface area contributed by atoms with E-state index in [1.54, 1.807) is 0 Å². The van der Waals surface area contributed by atoms with E-state index in [-0.39, 0.29) is 32.2 Å². The molecule has 412 valence electrons. The van der Waals surface area contributed by atoms with E-state index in [9.17, 15) is 19.5 Å². The number of quaternary nitrogens is 1. The van der Waals surface area contributed by atoms with E-state index in [0.29, 0.717) is 23.9 Å². The van der Waals surface area contributed by atoms with Crippen LogP contribution in [0.5, 0.6) is 0 Å². The number of aliphatic carboxylic acids is 1. The molecule has 2 unspecified atom stereocenters. The van der Waals surface area contributed by atoms with Gasteiger partial charge in [-0.05, 0) is 57.8 Å². The molecule has 0 aromatic rings. The van der Waals surface area contributed by atoms with Crippen molar-refractivity contribution >= 4 is 17.9 Å². The van der Waals surface area contributed by atoms with Gasteiger partial charge in [0.2, 0.25) is 0 Å². The molecule has 0 aliphatic carbocycles. The predicted octanol–water partition coefficient (Wildman–Crippen LogP) is 17.2. The first-order valence-electron chi connectivity index (χ1n) is 29.5. The lowest BCUT2D eigenvalue weighted by molar-refractivity contribution is -0.870. The van der Waals surface area contributed by atoms with Crippen molar-refractivity contribution < 1.29 is 42.9 Å². The van der Waals surface area contributed by atoms with E-state index < -0.39 is 24.3 Å². The van der Waals surface area contributed by atoms with Gasteiger partial charge in [0, 0.05) is 12.8 Å². The van der Waals surface area contributed by atoms with Gasteiger partial charge in [-0.1, -0.05) is 248 Å². The Balaban J connectivity index is 4.24. The minimum atomic E-state index is -1.52. The number of likely N-dealkylation sites (N-methyl/N-ethyl adjacent to an activating group) is 1. The topological polar surface area (TPSA) is 108 Å². The fourth-order valence-electron chi connectivity index (χ4n) is 8.28. The van der Waals surface area contributed by atoms with Gasteiger partial charge in [-0.15, -0.1) is 0 Å². The number of carboxylic acid groups (broad SMARTS) is 1. The first-order valence-corrected chi connectivity index (χ1v) is 29.5. The highest BCUT2D eigenvalue weighted by Crippen LogP contribution is 2.17. The minimum absolute atomic E-state index is 0.182. The van der Waals surface area contributed by atoms with Crippen molar-refractivity contribution in [3.8, 4) is 0 Å². The Bertz CT molecular complexity index is 1350. The van der Waals surface area contributed by atoms with Crippen molar-refractivity contribution in [1.29, 1.82) is 0 Å². The summed E-state index contributed by atoms with van der Waals surface area (Å²) in [5, 5.41) is 9.70. The Labute approximate surface area is 437 Å². The average molecular weight is 1000 g/mol. The van der Waals surface area contributed by atoms with Crippen molar-refractivity contribution in [3.05, 3.63) is 60.8 Å². The van der Waals surface area contributed by atoms with Gasteiger partial charge in [0.25, 0.3) is 6.29 Å². The second-order valence-corrected chi connectivity index (χ2v) is 20.9. The van der Waals surface area contributed by atoms with E-state index in [2.05, 4.69) is 74.6 Å². The Morgan fingerprint density at radius 2 is 0.803 bits per heavy atom. The third-order valence-electron chi connectivity index (χ3n) is 12.8. The number of carbonyl (C=O) groups is 3. The lowest BCUT2D eigenvalue weighted by Crippen LogP contribution is -2.40. The Morgan fingerprint density at radius 1 is 0.437 bits per heavy atom. The molecule has 0 aliphatic rings. The summed E-state index contributed by atoms with van der Waals surface area (Å²) >= 11 is 0. The summed E-state index contributed by atoms with van der Waals surface area (Å²) in [7, 11) is 5.96. The zero-order chi connectivity index (χ0) is 52.0. The number of esters is 2. The standard InChI is InChI=1S/C62H111NO8/c1-6-8-10-12-14-16-18-20-22-24-26-28-29-30-31-33-34-36-38-40-42-44-46-48-50-52-59(64)69-56-58(57-70-62(61(66)67)68-55-54-63(3,4)5)71-60(65)53-51-49-47-45-43-41-39-37-35-32-27-25-23-21-19-17-15-13-11-9-7-2/h9,11,15,17,21,23,27,32,37,39,58,62H,6-8,10,12-14,16,18-20,22,24-26,28-31,33-36,38,40-57H2,1-5H3/p+1/b11-9-,17-15-,23-21-,32-27-,39-37-. The van der Waals surface area contributed by atoms with Crippen LogP contribution in [0.15, 0.2) is 60.8 Å². The van der Waals surface area contributed by atoms with Gasteiger partial charge < -0.3 is 28.5 Å². The summed E-state index contributed by atoms with van der Waals surface area (Å²) in [4.78, 5) is 37.4. The molecular weight excluding hydrogens is 887 g/mol. The molecule has 0 fully saturated rings. The fraction of sp³-hybridized carbons (Fsp3) is 0.790. The van der Waals surface area contributed by atoms with Crippen LogP contribution in [0.3, 0.4) is 0 Å². The molecule has 1 N–H and O–H groups in total. The van der Waals surface area contributed by atoms with Crippen LogP contribution in [-0.2, 0) is 33.3 Å². The fourth-order valence-corrected chi connectivity index (χ4v) is 8.28. The summed E-state index contributed by atoms with van der Waals surface area (Å²) in [6.07, 6.45) is 64.5. The maximum absolute atomic E-state index is 12.9.